The van der Waals surface area contributed by atoms with Gasteiger partial charge in [0.05, 0.1) is 0 Å². The van der Waals surface area contributed by atoms with E-state index in [4.69, 9.17) is 5.11 Å². The van der Waals surface area contributed by atoms with Crippen molar-refractivity contribution in [2.24, 2.45) is 28.6 Å². The van der Waals surface area contributed by atoms with Gasteiger partial charge in [0, 0.05) is 5.57 Å². The van der Waals surface area contributed by atoms with Gasteiger partial charge in [-0.15, -0.1) is 0 Å². The summed E-state index contributed by atoms with van der Waals surface area (Å²) in [7, 11) is 0. The zero-order valence-electron chi connectivity index (χ0n) is 11.0. The monoisotopic (exact) mass is 234 g/mol. The maximum atomic E-state index is 10.7. The smallest absolute Gasteiger partial charge is 0.330 e. The highest BCUT2D eigenvalue weighted by Crippen LogP contribution is 2.87. The lowest BCUT2D eigenvalue weighted by Gasteiger charge is -2.34. The molecule has 2 heteroatoms. The Hall–Kier alpha value is -0.790. The molecular formula is C15H22O2. The highest BCUT2D eigenvalue weighted by atomic mass is 16.4. The Balaban J connectivity index is 1.67. The van der Waals surface area contributed by atoms with Crippen molar-refractivity contribution in [2.75, 3.05) is 0 Å². The largest absolute Gasteiger partial charge is 0.478 e. The molecule has 0 heterocycles. The van der Waals surface area contributed by atoms with Crippen LogP contribution in [0.4, 0.5) is 0 Å². The van der Waals surface area contributed by atoms with Crippen LogP contribution in [0, 0.1) is 28.6 Å². The van der Waals surface area contributed by atoms with Crippen LogP contribution in [0.1, 0.15) is 46.5 Å². The first kappa shape index (κ1) is 11.3. The van der Waals surface area contributed by atoms with E-state index in [0.29, 0.717) is 16.4 Å². The average Bonchev–Trinajstić information content (AvgIpc) is 2.64. The molecule has 0 aliphatic heterocycles. The number of hydrogen-bond donors (Lipinski definition) is 1. The Bertz CT molecular complexity index is 397. The number of carboxylic acids is 1. The highest BCUT2D eigenvalue weighted by Gasteiger charge is 2.80. The van der Waals surface area contributed by atoms with Gasteiger partial charge in [-0.25, -0.2) is 4.79 Å². The predicted molar refractivity (Wildman–Crippen MR) is 66.5 cm³/mol. The normalized spacial score (nSPS) is 50.8. The molecule has 4 rings (SSSR count). The van der Waals surface area contributed by atoms with Crippen LogP contribution in [-0.4, -0.2) is 11.1 Å². The third kappa shape index (κ3) is 1.19. The molecule has 0 saturated heterocycles. The second-order valence-corrected chi connectivity index (χ2v) is 6.81. The standard InChI is InChI=1S/C15H22O2/c1-9(13(16)17)5-4-6-14(2)10-7-11-12(8-10)15(11,14)3/h5,10-12H,4,6-8H2,1-3H3,(H,16,17)/b9-5+/t10?,11-,12+,14-,15?/m0/s1. The Morgan fingerprint density at radius 1 is 1.35 bits per heavy atom. The van der Waals surface area contributed by atoms with Crippen LogP contribution in [0.25, 0.3) is 0 Å². The Morgan fingerprint density at radius 3 is 2.35 bits per heavy atom. The van der Waals surface area contributed by atoms with Gasteiger partial charge in [-0.1, -0.05) is 19.9 Å². The third-order valence-corrected chi connectivity index (χ3v) is 6.58. The Kier molecular flexibility index (Phi) is 2.10. The number of hydrogen-bond acceptors (Lipinski definition) is 1. The van der Waals surface area contributed by atoms with Crippen molar-refractivity contribution in [1.82, 2.24) is 0 Å². The molecule has 0 spiro atoms. The summed E-state index contributed by atoms with van der Waals surface area (Å²) >= 11 is 0. The third-order valence-electron chi connectivity index (χ3n) is 6.58. The van der Waals surface area contributed by atoms with E-state index in [0.717, 1.165) is 24.2 Å². The number of allylic oxidation sites excluding steroid dienone is 1. The Labute approximate surface area is 103 Å². The van der Waals surface area contributed by atoms with Crippen LogP contribution in [-0.2, 0) is 4.79 Å². The molecule has 0 aromatic carbocycles. The van der Waals surface area contributed by atoms with E-state index in [1.54, 1.807) is 6.92 Å². The molecule has 0 aromatic heterocycles. The minimum atomic E-state index is -0.776. The number of carboxylic acid groups (broad SMARTS) is 1. The average molecular weight is 234 g/mol. The second kappa shape index (κ2) is 3.15. The van der Waals surface area contributed by atoms with Crippen molar-refractivity contribution in [3.63, 3.8) is 0 Å². The van der Waals surface area contributed by atoms with Crippen LogP contribution in [0.2, 0.25) is 0 Å². The van der Waals surface area contributed by atoms with Gasteiger partial charge >= 0.3 is 5.97 Å². The van der Waals surface area contributed by atoms with Gasteiger partial charge in [0.2, 0.25) is 0 Å². The molecule has 2 unspecified atom stereocenters. The van der Waals surface area contributed by atoms with Crippen molar-refractivity contribution >= 4 is 5.97 Å². The molecule has 94 valence electrons. The van der Waals surface area contributed by atoms with Crippen LogP contribution in [0.5, 0.6) is 0 Å². The maximum Gasteiger partial charge on any atom is 0.330 e. The molecule has 2 nitrogen and oxygen atoms in total. The molecule has 1 N–H and O–H groups in total. The quantitative estimate of drug-likeness (QED) is 0.756. The molecule has 4 aliphatic rings. The van der Waals surface area contributed by atoms with E-state index < -0.39 is 5.97 Å². The molecule has 4 saturated carbocycles. The van der Waals surface area contributed by atoms with Gasteiger partial charge in [0.1, 0.15) is 0 Å². The fourth-order valence-electron chi connectivity index (χ4n) is 5.18. The zero-order chi connectivity index (χ0) is 12.4. The summed E-state index contributed by atoms with van der Waals surface area (Å²) in [5.74, 6) is 2.14. The van der Waals surface area contributed by atoms with E-state index >= 15 is 0 Å². The van der Waals surface area contributed by atoms with E-state index in [-0.39, 0.29) is 0 Å². The topological polar surface area (TPSA) is 37.3 Å². The van der Waals surface area contributed by atoms with Gasteiger partial charge in [0.15, 0.2) is 0 Å². The van der Waals surface area contributed by atoms with E-state index in [1.165, 1.54) is 19.3 Å². The SMILES string of the molecule is C/C(=C\CC[C@@]1(C)C2C[C@@H]3[C@H](C2)C31C)C(=O)O. The first-order chi connectivity index (χ1) is 7.91. The summed E-state index contributed by atoms with van der Waals surface area (Å²) < 4.78 is 0. The second-order valence-electron chi connectivity index (χ2n) is 6.81. The molecule has 0 aromatic rings. The molecule has 4 fully saturated rings. The van der Waals surface area contributed by atoms with Crippen molar-refractivity contribution in [3.05, 3.63) is 11.6 Å². The van der Waals surface area contributed by atoms with Crippen molar-refractivity contribution in [1.29, 1.82) is 0 Å². The van der Waals surface area contributed by atoms with Gasteiger partial charge in [0.25, 0.3) is 0 Å². The van der Waals surface area contributed by atoms with E-state index in [1.807, 2.05) is 6.08 Å². The number of aliphatic carboxylic acids is 1. The van der Waals surface area contributed by atoms with Gasteiger partial charge in [-0.3, -0.25) is 0 Å². The van der Waals surface area contributed by atoms with E-state index in [9.17, 15) is 4.79 Å². The molecule has 0 amide bonds. The fraction of sp³-hybridized carbons (Fsp3) is 0.800. The minimum absolute atomic E-state index is 0.484. The van der Waals surface area contributed by atoms with Crippen LogP contribution in [0.3, 0.4) is 0 Å². The first-order valence-corrected chi connectivity index (χ1v) is 6.81. The molecule has 5 atom stereocenters. The van der Waals surface area contributed by atoms with Crippen molar-refractivity contribution in [3.8, 4) is 0 Å². The fourth-order valence-corrected chi connectivity index (χ4v) is 5.18. The zero-order valence-corrected chi connectivity index (χ0v) is 11.0. The molecule has 4 aliphatic carbocycles. The lowest BCUT2D eigenvalue weighted by atomic mass is 9.71. The summed E-state index contributed by atoms with van der Waals surface area (Å²) in [6.45, 7) is 6.62. The molecule has 17 heavy (non-hydrogen) atoms. The molecular weight excluding hydrogens is 212 g/mol. The number of carbonyl (C=O) groups is 1. The first-order valence-electron chi connectivity index (χ1n) is 6.81. The maximum absolute atomic E-state index is 10.7. The van der Waals surface area contributed by atoms with Gasteiger partial charge in [-0.05, 0) is 61.2 Å². The lowest BCUT2D eigenvalue weighted by Crippen LogP contribution is -2.26. The van der Waals surface area contributed by atoms with Crippen LogP contribution in [0.15, 0.2) is 11.6 Å². The summed E-state index contributed by atoms with van der Waals surface area (Å²) in [4.78, 5) is 10.7. The molecule has 4 bridgehead atoms. The summed E-state index contributed by atoms with van der Waals surface area (Å²) in [5.41, 5.74) is 1.58. The van der Waals surface area contributed by atoms with Gasteiger partial charge < -0.3 is 5.11 Å². The Morgan fingerprint density at radius 2 is 1.94 bits per heavy atom. The van der Waals surface area contributed by atoms with Crippen molar-refractivity contribution in [2.45, 2.75) is 46.5 Å². The van der Waals surface area contributed by atoms with Gasteiger partial charge in [-0.2, -0.15) is 0 Å². The van der Waals surface area contributed by atoms with Crippen LogP contribution < -0.4 is 0 Å². The summed E-state index contributed by atoms with van der Waals surface area (Å²) in [6.07, 6.45) is 6.90. The minimum Gasteiger partial charge on any atom is -0.478 e. The summed E-state index contributed by atoms with van der Waals surface area (Å²) in [5, 5.41) is 8.84. The lowest BCUT2D eigenvalue weighted by molar-refractivity contribution is -0.132. The molecule has 0 radical (unpaired) electrons. The highest BCUT2D eigenvalue weighted by molar-refractivity contribution is 5.85. The van der Waals surface area contributed by atoms with Crippen LogP contribution >= 0.6 is 0 Å². The number of rotatable bonds is 4. The van der Waals surface area contributed by atoms with Crippen molar-refractivity contribution < 1.29 is 9.90 Å². The predicted octanol–water partition coefficient (Wildman–Crippen LogP) is 3.48. The van der Waals surface area contributed by atoms with E-state index in [2.05, 4.69) is 13.8 Å². The summed E-state index contributed by atoms with van der Waals surface area (Å²) in [6, 6.07) is 0.